The lowest BCUT2D eigenvalue weighted by Gasteiger charge is -2.07. The molecule has 2 rings (SSSR count). The zero-order valence-corrected chi connectivity index (χ0v) is 10.3. The average Bonchev–Trinajstić information content (AvgIpc) is 2.88. The fourth-order valence-corrected chi connectivity index (χ4v) is 1.62. The van der Waals surface area contributed by atoms with Crippen LogP contribution in [0.4, 0.5) is 0 Å². The van der Waals surface area contributed by atoms with E-state index in [1.54, 1.807) is 19.4 Å². The van der Waals surface area contributed by atoms with Crippen molar-refractivity contribution in [3.63, 3.8) is 0 Å². The molecule has 2 N–H and O–H groups in total. The van der Waals surface area contributed by atoms with Crippen LogP contribution < -0.4 is 10.1 Å². The number of methoxy groups -OCH3 is 1. The number of pyridine rings is 1. The SMILES string of the molecule is COc1ncccc1CNCc1oncc1C(=O)O. The first-order valence-electron chi connectivity index (χ1n) is 5.58. The lowest BCUT2D eigenvalue weighted by atomic mass is 10.2. The highest BCUT2D eigenvalue weighted by atomic mass is 16.5. The van der Waals surface area contributed by atoms with Crippen LogP contribution in [0, 0.1) is 0 Å². The van der Waals surface area contributed by atoms with Crippen molar-refractivity contribution in [1.29, 1.82) is 0 Å². The molecular formula is C12H13N3O4. The van der Waals surface area contributed by atoms with Crippen molar-refractivity contribution < 1.29 is 19.2 Å². The molecular weight excluding hydrogens is 250 g/mol. The van der Waals surface area contributed by atoms with Gasteiger partial charge in [0.05, 0.1) is 19.9 Å². The normalized spacial score (nSPS) is 10.4. The summed E-state index contributed by atoms with van der Waals surface area (Å²) in [7, 11) is 1.55. The molecule has 0 aliphatic heterocycles. The maximum absolute atomic E-state index is 10.9. The summed E-state index contributed by atoms with van der Waals surface area (Å²) in [5, 5.41) is 15.4. The van der Waals surface area contributed by atoms with Gasteiger partial charge in [-0.25, -0.2) is 9.78 Å². The molecule has 0 amide bonds. The first kappa shape index (κ1) is 13.0. The molecule has 0 fully saturated rings. The molecule has 0 unspecified atom stereocenters. The van der Waals surface area contributed by atoms with E-state index in [2.05, 4.69) is 15.5 Å². The summed E-state index contributed by atoms with van der Waals surface area (Å²) in [6.45, 7) is 0.746. The monoisotopic (exact) mass is 263 g/mol. The van der Waals surface area contributed by atoms with Gasteiger partial charge in [-0.1, -0.05) is 11.2 Å². The van der Waals surface area contributed by atoms with Gasteiger partial charge in [0.25, 0.3) is 0 Å². The Hall–Kier alpha value is -2.41. The minimum absolute atomic E-state index is 0.0608. The maximum atomic E-state index is 10.9. The lowest BCUT2D eigenvalue weighted by Crippen LogP contribution is -2.15. The molecule has 0 radical (unpaired) electrons. The Bertz CT molecular complexity index is 568. The summed E-state index contributed by atoms with van der Waals surface area (Å²) >= 11 is 0. The van der Waals surface area contributed by atoms with E-state index in [9.17, 15) is 4.79 Å². The van der Waals surface area contributed by atoms with Gasteiger partial charge in [0.2, 0.25) is 5.88 Å². The third-order valence-electron chi connectivity index (χ3n) is 2.52. The molecule has 7 nitrogen and oxygen atoms in total. The number of rotatable bonds is 6. The number of carboxylic acids is 1. The Morgan fingerprint density at radius 3 is 3.11 bits per heavy atom. The van der Waals surface area contributed by atoms with Crippen LogP contribution in [0.2, 0.25) is 0 Å². The van der Waals surface area contributed by atoms with Crippen molar-refractivity contribution in [1.82, 2.24) is 15.5 Å². The Kier molecular flexibility index (Phi) is 4.09. The van der Waals surface area contributed by atoms with Gasteiger partial charge in [0.1, 0.15) is 5.56 Å². The standard InChI is InChI=1S/C12H13N3O4/c1-18-11-8(3-2-4-14-11)5-13-7-10-9(12(16)17)6-15-19-10/h2-4,6,13H,5,7H2,1H3,(H,16,17). The molecule has 19 heavy (non-hydrogen) atoms. The van der Waals surface area contributed by atoms with E-state index in [0.29, 0.717) is 12.4 Å². The van der Waals surface area contributed by atoms with Gasteiger partial charge in [0.15, 0.2) is 5.76 Å². The summed E-state index contributed by atoms with van der Waals surface area (Å²) in [6.07, 6.45) is 2.82. The van der Waals surface area contributed by atoms with Crippen LogP contribution in [0.5, 0.6) is 5.88 Å². The van der Waals surface area contributed by atoms with Gasteiger partial charge in [-0.05, 0) is 6.07 Å². The Morgan fingerprint density at radius 2 is 2.37 bits per heavy atom. The smallest absolute Gasteiger partial charge is 0.341 e. The van der Waals surface area contributed by atoms with Crippen molar-refractivity contribution in [2.75, 3.05) is 7.11 Å². The average molecular weight is 263 g/mol. The summed E-state index contributed by atoms with van der Waals surface area (Å²) in [6, 6.07) is 3.67. The van der Waals surface area contributed by atoms with Gasteiger partial charge in [-0.2, -0.15) is 0 Å². The van der Waals surface area contributed by atoms with E-state index >= 15 is 0 Å². The second-order valence-corrected chi connectivity index (χ2v) is 3.74. The van der Waals surface area contributed by atoms with E-state index in [-0.39, 0.29) is 17.9 Å². The summed E-state index contributed by atoms with van der Waals surface area (Å²) in [4.78, 5) is 14.9. The van der Waals surface area contributed by atoms with E-state index in [4.69, 9.17) is 14.4 Å². The van der Waals surface area contributed by atoms with Crippen LogP contribution in [0.3, 0.4) is 0 Å². The third kappa shape index (κ3) is 3.08. The summed E-state index contributed by atoms with van der Waals surface area (Å²) in [5.74, 6) is -0.238. The Morgan fingerprint density at radius 1 is 1.53 bits per heavy atom. The number of nitrogens with zero attached hydrogens (tertiary/aromatic N) is 2. The van der Waals surface area contributed by atoms with Crippen LogP contribution >= 0.6 is 0 Å². The van der Waals surface area contributed by atoms with Crippen molar-refractivity contribution in [3.8, 4) is 5.88 Å². The molecule has 2 aromatic rings. The minimum atomic E-state index is -1.06. The molecule has 0 bridgehead atoms. The van der Waals surface area contributed by atoms with Gasteiger partial charge >= 0.3 is 5.97 Å². The number of ether oxygens (including phenoxy) is 1. The van der Waals surface area contributed by atoms with Crippen LogP contribution in [0.15, 0.2) is 29.0 Å². The fraction of sp³-hybridized carbons (Fsp3) is 0.250. The van der Waals surface area contributed by atoms with Gasteiger partial charge in [0, 0.05) is 18.3 Å². The molecule has 0 aliphatic rings. The van der Waals surface area contributed by atoms with Crippen LogP contribution in [0.25, 0.3) is 0 Å². The predicted molar refractivity (Wildman–Crippen MR) is 64.8 cm³/mol. The number of aromatic nitrogens is 2. The largest absolute Gasteiger partial charge is 0.481 e. The number of carboxylic acid groups (broad SMARTS) is 1. The van der Waals surface area contributed by atoms with Gasteiger partial charge < -0.3 is 19.7 Å². The number of carbonyl (C=O) groups is 1. The molecule has 2 aromatic heterocycles. The second kappa shape index (κ2) is 5.96. The van der Waals surface area contributed by atoms with Crippen LogP contribution in [0.1, 0.15) is 21.7 Å². The first-order valence-corrected chi connectivity index (χ1v) is 5.58. The second-order valence-electron chi connectivity index (χ2n) is 3.74. The number of aromatic carboxylic acids is 1. The topological polar surface area (TPSA) is 97.5 Å². The quantitative estimate of drug-likeness (QED) is 0.804. The Balaban J connectivity index is 1.96. The van der Waals surface area contributed by atoms with E-state index in [0.717, 1.165) is 5.56 Å². The maximum Gasteiger partial charge on any atom is 0.341 e. The molecule has 7 heteroatoms. The zero-order valence-electron chi connectivity index (χ0n) is 10.3. The van der Waals surface area contributed by atoms with Crippen molar-refractivity contribution in [2.24, 2.45) is 0 Å². The van der Waals surface area contributed by atoms with Crippen molar-refractivity contribution >= 4 is 5.97 Å². The number of hydrogen-bond acceptors (Lipinski definition) is 6. The third-order valence-corrected chi connectivity index (χ3v) is 2.52. The highest BCUT2D eigenvalue weighted by Gasteiger charge is 2.14. The fourth-order valence-electron chi connectivity index (χ4n) is 1.62. The Labute approximate surface area is 109 Å². The highest BCUT2D eigenvalue weighted by Crippen LogP contribution is 2.13. The highest BCUT2D eigenvalue weighted by molar-refractivity contribution is 5.88. The molecule has 100 valence electrons. The zero-order chi connectivity index (χ0) is 13.7. The van der Waals surface area contributed by atoms with Crippen LogP contribution in [-0.4, -0.2) is 28.3 Å². The summed E-state index contributed by atoms with van der Waals surface area (Å²) in [5.41, 5.74) is 0.937. The van der Waals surface area contributed by atoms with Gasteiger partial charge in [-0.15, -0.1) is 0 Å². The van der Waals surface area contributed by atoms with Crippen molar-refractivity contribution in [2.45, 2.75) is 13.1 Å². The van der Waals surface area contributed by atoms with E-state index in [1.165, 1.54) is 6.20 Å². The van der Waals surface area contributed by atoms with Crippen LogP contribution in [-0.2, 0) is 13.1 Å². The number of nitrogens with one attached hydrogen (secondary N) is 1. The predicted octanol–water partition coefficient (Wildman–Crippen LogP) is 1.07. The molecule has 0 saturated heterocycles. The van der Waals surface area contributed by atoms with E-state index in [1.807, 2.05) is 6.07 Å². The molecule has 2 heterocycles. The molecule has 0 aliphatic carbocycles. The van der Waals surface area contributed by atoms with Crippen molar-refractivity contribution in [3.05, 3.63) is 41.4 Å². The minimum Gasteiger partial charge on any atom is -0.481 e. The molecule has 0 aromatic carbocycles. The lowest BCUT2D eigenvalue weighted by molar-refractivity contribution is 0.0694. The summed E-state index contributed by atoms with van der Waals surface area (Å²) < 4.78 is 9.99. The van der Waals surface area contributed by atoms with E-state index < -0.39 is 5.97 Å². The molecule has 0 saturated carbocycles. The number of hydrogen-bond donors (Lipinski definition) is 2. The van der Waals surface area contributed by atoms with Gasteiger partial charge in [-0.3, -0.25) is 0 Å². The molecule has 0 atom stereocenters. The molecule has 0 spiro atoms. The first-order chi connectivity index (χ1) is 9.22.